The molecule has 1 aliphatic heterocycles. The summed E-state index contributed by atoms with van der Waals surface area (Å²) in [5, 5.41) is 0. The number of hydrogen-bond acceptors (Lipinski definition) is 6. The van der Waals surface area contributed by atoms with Crippen LogP contribution in [0, 0.1) is 0 Å². The van der Waals surface area contributed by atoms with Crippen molar-refractivity contribution >= 4 is 34.7 Å². The topological polar surface area (TPSA) is 67.2 Å². The van der Waals surface area contributed by atoms with E-state index >= 15 is 0 Å². The van der Waals surface area contributed by atoms with Gasteiger partial charge in [0.05, 0.1) is 11.5 Å². The number of nitrogens with zero attached hydrogens (tertiary/aromatic N) is 6. The average molecular weight is 451 g/mol. The molecule has 1 saturated heterocycles. The molecule has 32 heavy (non-hydrogen) atoms. The lowest BCUT2D eigenvalue weighted by Gasteiger charge is -2.35. The Morgan fingerprint density at radius 1 is 0.969 bits per heavy atom. The molecule has 1 amide bonds. The largest absolute Gasteiger partial charge is 0.353 e. The number of carbonyl (C=O) groups is 1. The summed E-state index contributed by atoms with van der Waals surface area (Å²) < 4.78 is 2.36. The zero-order valence-corrected chi connectivity index (χ0v) is 19.2. The lowest BCUT2D eigenvalue weighted by atomic mass is 9.95. The molecule has 7 nitrogen and oxygen atoms in total. The number of fused-ring (bicyclic) bond motifs is 1. The van der Waals surface area contributed by atoms with Crippen molar-refractivity contribution in [1.29, 1.82) is 0 Å². The van der Waals surface area contributed by atoms with Gasteiger partial charge >= 0.3 is 0 Å². The van der Waals surface area contributed by atoms with Gasteiger partial charge in [0.25, 0.3) is 0 Å². The second kappa shape index (κ2) is 9.90. The van der Waals surface area contributed by atoms with Crippen molar-refractivity contribution in [2.24, 2.45) is 0 Å². The standard InChI is InChI=1S/C24H30N6OS/c31-23(29-15-13-28(14-16-29)21-10-4-5-11-25-21)18-32-17-22-27-20-9-6-12-26-24(20)30(22)19-7-2-1-3-8-19/h4-6,9-12,19H,1-3,7-8,13-18H2. The average Bonchev–Trinajstić information content (AvgIpc) is 3.23. The lowest BCUT2D eigenvalue weighted by Crippen LogP contribution is -2.49. The van der Waals surface area contributed by atoms with E-state index in [0.717, 1.165) is 54.7 Å². The van der Waals surface area contributed by atoms with Crippen LogP contribution >= 0.6 is 11.8 Å². The van der Waals surface area contributed by atoms with Crippen LogP contribution in [0.15, 0.2) is 42.7 Å². The predicted molar refractivity (Wildman–Crippen MR) is 129 cm³/mol. The minimum absolute atomic E-state index is 0.217. The van der Waals surface area contributed by atoms with Gasteiger partial charge < -0.3 is 14.4 Å². The molecule has 1 aliphatic carbocycles. The van der Waals surface area contributed by atoms with Crippen LogP contribution < -0.4 is 4.90 Å². The van der Waals surface area contributed by atoms with E-state index in [1.54, 1.807) is 11.8 Å². The van der Waals surface area contributed by atoms with Crippen LogP contribution in [0.1, 0.15) is 44.0 Å². The molecule has 3 aromatic rings. The number of imidazole rings is 1. The van der Waals surface area contributed by atoms with Gasteiger partial charge in [0.1, 0.15) is 17.2 Å². The molecule has 0 spiro atoms. The van der Waals surface area contributed by atoms with Gasteiger partial charge in [-0.1, -0.05) is 25.3 Å². The highest BCUT2D eigenvalue weighted by molar-refractivity contribution is 7.99. The number of rotatable bonds is 6. The van der Waals surface area contributed by atoms with Crippen molar-refractivity contribution in [3.05, 3.63) is 48.5 Å². The van der Waals surface area contributed by atoms with Crippen molar-refractivity contribution in [2.75, 3.05) is 36.8 Å². The van der Waals surface area contributed by atoms with Gasteiger partial charge in [-0.3, -0.25) is 4.79 Å². The Labute approximate surface area is 193 Å². The molecule has 168 valence electrons. The van der Waals surface area contributed by atoms with E-state index in [1.807, 2.05) is 47.6 Å². The number of amides is 1. The second-order valence-corrected chi connectivity index (χ2v) is 9.57. The maximum Gasteiger partial charge on any atom is 0.232 e. The lowest BCUT2D eigenvalue weighted by molar-refractivity contribution is -0.128. The molecule has 2 fully saturated rings. The molecule has 0 aromatic carbocycles. The van der Waals surface area contributed by atoms with E-state index in [0.29, 0.717) is 11.8 Å². The van der Waals surface area contributed by atoms with Crippen molar-refractivity contribution in [1.82, 2.24) is 24.4 Å². The summed E-state index contributed by atoms with van der Waals surface area (Å²) in [6.07, 6.45) is 9.93. The van der Waals surface area contributed by atoms with Gasteiger partial charge in [-0.2, -0.15) is 0 Å². The number of anilines is 1. The normalized spacial score (nSPS) is 17.8. The summed E-state index contributed by atoms with van der Waals surface area (Å²) in [6.45, 7) is 3.16. The number of thioether (sulfide) groups is 1. The Kier molecular flexibility index (Phi) is 6.57. The van der Waals surface area contributed by atoms with Crippen LogP contribution in [0.4, 0.5) is 5.82 Å². The van der Waals surface area contributed by atoms with Crippen LogP contribution in [0.2, 0.25) is 0 Å². The third-order valence-electron chi connectivity index (χ3n) is 6.52. The SMILES string of the molecule is O=C(CSCc1nc2cccnc2n1C1CCCCC1)N1CCN(c2ccccn2)CC1. The highest BCUT2D eigenvalue weighted by Crippen LogP contribution is 2.32. The Balaban J connectivity index is 1.18. The monoisotopic (exact) mass is 450 g/mol. The van der Waals surface area contributed by atoms with Crippen LogP contribution in [0.25, 0.3) is 11.2 Å². The number of hydrogen-bond donors (Lipinski definition) is 0. The molecule has 2 aliphatic rings. The Morgan fingerprint density at radius 2 is 1.78 bits per heavy atom. The number of carbonyl (C=O) groups excluding carboxylic acids is 1. The zero-order chi connectivity index (χ0) is 21.8. The van der Waals surface area contributed by atoms with Crippen molar-refractivity contribution in [2.45, 2.75) is 43.9 Å². The maximum atomic E-state index is 12.8. The summed E-state index contributed by atoms with van der Waals surface area (Å²) in [5.74, 6) is 3.50. The summed E-state index contributed by atoms with van der Waals surface area (Å²) in [6, 6.07) is 10.4. The van der Waals surface area contributed by atoms with Gasteiger partial charge in [-0.15, -0.1) is 11.8 Å². The molecule has 5 rings (SSSR count). The fourth-order valence-corrected chi connectivity index (χ4v) is 5.69. The van der Waals surface area contributed by atoms with Crippen LogP contribution in [0.5, 0.6) is 0 Å². The van der Waals surface area contributed by atoms with E-state index in [2.05, 4.69) is 19.4 Å². The molecular formula is C24H30N6OS. The highest BCUT2D eigenvalue weighted by atomic mass is 32.2. The first-order chi connectivity index (χ1) is 15.8. The Morgan fingerprint density at radius 3 is 2.56 bits per heavy atom. The molecule has 0 radical (unpaired) electrons. The van der Waals surface area contributed by atoms with Gasteiger partial charge in [0.15, 0.2) is 5.65 Å². The molecule has 0 N–H and O–H groups in total. The summed E-state index contributed by atoms with van der Waals surface area (Å²) in [5.41, 5.74) is 1.96. The first-order valence-electron chi connectivity index (χ1n) is 11.6. The molecule has 3 aromatic heterocycles. The third kappa shape index (κ3) is 4.60. The Bertz CT molecular complexity index is 1040. The molecule has 8 heteroatoms. The third-order valence-corrected chi connectivity index (χ3v) is 7.44. The van der Waals surface area contributed by atoms with Crippen molar-refractivity contribution < 1.29 is 4.79 Å². The molecule has 0 unspecified atom stereocenters. The van der Waals surface area contributed by atoms with E-state index in [9.17, 15) is 4.79 Å². The van der Waals surface area contributed by atoms with E-state index in [1.165, 1.54) is 32.1 Å². The zero-order valence-electron chi connectivity index (χ0n) is 18.4. The van der Waals surface area contributed by atoms with Gasteiger partial charge in [-0.25, -0.2) is 15.0 Å². The summed E-state index contributed by atoms with van der Waals surface area (Å²) in [4.78, 5) is 31.0. The molecule has 4 heterocycles. The van der Waals surface area contributed by atoms with Crippen LogP contribution in [0.3, 0.4) is 0 Å². The second-order valence-electron chi connectivity index (χ2n) is 8.58. The smallest absolute Gasteiger partial charge is 0.232 e. The minimum atomic E-state index is 0.217. The Hall–Kier alpha value is -2.61. The van der Waals surface area contributed by atoms with Gasteiger partial charge in [0.2, 0.25) is 5.91 Å². The fourth-order valence-electron chi connectivity index (χ4n) is 4.85. The summed E-state index contributed by atoms with van der Waals surface area (Å²) >= 11 is 1.67. The number of aromatic nitrogens is 4. The first-order valence-corrected chi connectivity index (χ1v) is 12.8. The molecule has 1 saturated carbocycles. The number of piperazine rings is 1. The van der Waals surface area contributed by atoms with E-state index in [4.69, 9.17) is 4.98 Å². The van der Waals surface area contributed by atoms with Crippen molar-refractivity contribution in [3.63, 3.8) is 0 Å². The maximum absolute atomic E-state index is 12.8. The van der Waals surface area contributed by atoms with E-state index in [-0.39, 0.29) is 5.91 Å². The van der Waals surface area contributed by atoms with Crippen LogP contribution in [-0.2, 0) is 10.5 Å². The van der Waals surface area contributed by atoms with Crippen LogP contribution in [-0.4, -0.2) is 62.3 Å². The molecule has 0 bridgehead atoms. The summed E-state index contributed by atoms with van der Waals surface area (Å²) in [7, 11) is 0. The molecular weight excluding hydrogens is 420 g/mol. The highest BCUT2D eigenvalue weighted by Gasteiger charge is 2.24. The molecule has 0 atom stereocenters. The van der Waals surface area contributed by atoms with Gasteiger partial charge in [-0.05, 0) is 37.1 Å². The van der Waals surface area contributed by atoms with E-state index < -0.39 is 0 Å². The first kappa shape index (κ1) is 21.2. The number of pyridine rings is 2. The van der Waals surface area contributed by atoms with Crippen molar-refractivity contribution in [3.8, 4) is 0 Å². The van der Waals surface area contributed by atoms with Gasteiger partial charge in [0, 0.05) is 44.6 Å². The minimum Gasteiger partial charge on any atom is -0.353 e. The fraction of sp³-hybridized carbons (Fsp3) is 0.500. The predicted octanol–water partition coefficient (Wildman–Crippen LogP) is 3.91. The quantitative estimate of drug-likeness (QED) is 0.567.